The monoisotopic (exact) mass is 416 g/mol. The second-order valence-corrected chi connectivity index (χ2v) is 10.1. The smallest absolute Gasteiger partial charge is 0.306 e. The van der Waals surface area contributed by atoms with Gasteiger partial charge in [-0.05, 0) is 92.4 Å². The molecular formula is C25H33FO4. The summed E-state index contributed by atoms with van der Waals surface area (Å²) in [7, 11) is 1.62. The van der Waals surface area contributed by atoms with E-state index in [4.69, 9.17) is 14.2 Å². The van der Waals surface area contributed by atoms with E-state index >= 15 is 0 Å². The minimum atomic E-state index is -0.261. The van der Waals surface area contributed by atoms with Gasteiger partial charge in [-0.15, -0.1) is 0 Å². The third kappa shape index (κ3) is 2.99. The van der Waals surface area contributed by atoms with Gasteiger partial charge in [-0.1, -0.05) is 6.92 Å². The quantitative estimate of drug-likeness (QED) is 0.502. The van der Waals surface area contributed by atoms with E-state index in [1.807, 2.05) is 6.07 Å². The average Bonchev–Trinajstić information content (AvgIpc) is 3.00. The van der Waals surface area contributed by atoms with Crippen LogP contribution in [0.1, 0.15) is 75.3 Å². The highest BCUT2D eigenvalue weighted by Gasteiger charge is 2.64. The normalized spacial score (nSPS) is 37.3. The van der Waals surface area contributed by atoms with Crippen LogP contribution in [-0.4, -0.2) is 31.9 Å². The van der Waals surface area contributed by atoms with E-state index in [1.165, 1.54) is 11.1 Å². The molecule has 3 fully saturated rings. The van der Waals surface area contributed by atoms with Crippen LogP contribution in [0.2, 0.25) is 0 Å². The topological polar surface area (TPSA) is 44.8 Å². The van der Waals surface area contributed by atoms with Crippen molar-refractivity contribution < 1.29 is 23.4 Å². The molecule has 1 spiro atoms. The molecule has 164 valence electrons. The van der Waals surface area contributed by atoms with Crippen molar-refractivity contribution in [2.75, 3.05) is 20.3 Å². The van der Waals surface area contributed by atoms with Crippen molar-refractivity contribution >= 4 is 5.97 Å². The SMILES string of the molecule is COCCOc1cc2c(cc1F)C1CC[C@@]3(C)C(CC[C@@]34CCCC(=O)O4)C1CC2. The molecule has 2 saturated carbocycles. The zero-order valence-corrected chi connectivity index (χ0v) is 18.2. The number of hydrogen-bond donors (Lipinski definition) is 0. The van der Waals surface area contributed by atoms with Crippen LogP contribution in [0.4, 0.5) is 4.39 Å². The number of fused-ring (bicyclic) bond motifs is 6. The Morgan fingerprint density at radius 2 is 2.00 bits per heavy atom. The number of carbonyl (C=O) groups is 1. The van der Waals surface area contributed by atoms with Crippen LogP contribution in [-0.2, 0) is 20.7 Å². The Labute approximate surface area is 178 Å². The number of esters is 1. The Hall–Kier alpha value is -1.62. The van der Waals surface area contributed by atoms with Gasteiger partial charge in [0.15, 0.2) is 11.6 Å². The number of aryl methyl sites for hydroxylation is 1. The van der Waals surface area contributed by atoms with Gasteiger partial charge in [0.2, 0.25) is 0 Å². The van der Waals surface area contributed by atoms with Gasteiger partial charge in [-0.3, -0.25) is 4.79 Å². The summed E-state index contributed by atoms with van der Waals surface area (Å²) < 4.78 is 31.5. The maximum absolute atomic E-state index is 14.8. The highest BCUT2D eigenvalue weighted by Crippen LogP contribution is 2.67. The lowest BCUT2D eigenvalue weighted by Gasteiger charge is -2.55. The van der Waals surface area contributed by atoms with Gasteiger partial charge < -0.3 is 14.2 Å². The second kappa shape index (κ2) is 7.51. The molecule has 0 bridgehead atoms. The van der Waals surface area contributed by atoms with Gasteiger partial charge in [-0.2, -0.15) is 0 Å². The predicted molar refractivity (Wildman–Crippen MR) is 111 cm³/mol. The molecule has 0 amide bonds. The molecule has 5 atom stereocenters. The van der Waals surface area contributed by atoms with E-state index in [0.29, 0.717) is 43.1 Å². The number of halogens is 1. The first-order chi connectivity index (χ1) is 14.5. The number of ether oxygens (including phenoxy) is 3. The zero-order chi connectivity index (χ0) is 20.9. The molecule has 0 aromatic heterocycles. The molecule has 4 aliphatic rings. The van der Waals surface area contributed by atoms with Crippen molar-refractivity contribution in [3.8, 4) is 5.75 Å². The molecule has 3 aliphatic carbocycles. The summed E-state index contributed by atoms with van der Waals surface area (Å²) in [6.45, 7) is 3.19. The highest BCUT2D eigenvalue weighted by atomic mass is 19.1. The molecule has 1 aromatic carbocycles. The van der Waals surface area contributed by atoms with Gasteiger partial charge in [0.05, 0.1) is 6.61 Å². The molecule has 0 N–H and O–H groups in total. The summed E-state index contributed by atoms with van der Waals surface area (Å²) in [6.07, 6.45) is 8.85. The van der Waals surface area contributed by atoms with E-state index in [1.54, 1.807) is 13.2 Å². The van der Waals surface area contributed by atoms with Crippen molar-refractivity contribution in [3.05, 3.63) is 29.1 Å². The number of benzene rings is 1. The molecular weight excluding hydrogens is 383 g/mol. The summed E-state index contributed by atoms with van der Waals surface area (Å²) >= 11 is 0. The van der Waals surface area contributed by atoms with Gasteiger partial charge >= 0.3 is 5.97 Å². The summed E-state index contributed by atoms with van der Waals surface area (Å²) in [5.74, 6) is 1.58. The summed E-state index contributed by atoms with van der Waals surface area (Å²) in [4.78, 5) is 12.2. The van der Waals surface area contributed by atoms with E-state index in [2.05, 4.69) is 6.92 Å². The van der Waals surface area contributed by atoms with Crippen LogP contribution in [0.3, 0.4) is 0 Å². The molecule has 4 nitrogen and oxygen atoms in total. The molecule has 0 radical (unpaired) electrons. The Bertz CT molecular complexity index is 839. The lowest BCUT2D eigenvalue weighted by Crippen LogP contribution is -2.54. The van der Waals surface area contributed by atoms with E-state index < -0.39 is 0 Å². The first-order valence-corrected chi connectivity index (χ1v) is 11.6. The summed E-state index contributed by atoms with van der Waals surface area (Å²) in [5, 5.41) is 0. The fraction of sp³-hybridized carbons (Fsp3) is 0.720. The van der Waals surface area contributed by atoms with E-state index in [-0.39, 0.29) is 22.8 Å². The van der Waals surface area contributed by atoms with Crippen molar-refractivity contribution in [3.63, 3.8) is 0 Å². The molecule has 30 heavy (non-hydrogen) atoms. The molecule has 1 aliphatic heterocycles. The van der Waals surface area contributed by atoms with Crippen molar-refractivity contribution in [2.24, 2.45) is 17.3 Å². The molecule has 5 rings (SSSR count). The first-order valence-electron chi connectivity index (χ1n) is 11.6. The van der Waals surface area contributed by atoms with E-state index in [0.717, 1.165) is 51.4 Å². The zero-order valence-electron chi connectivity index (χ0n) is 18.2. The Kier molecular flexibility index (Phi) is 5.08. The van der Waals surface area contributed by atoms with Crippen LogP contribution >= 0.6 is 0 Å². The molecule has 3 unspecified atom stereocenters. The van der Waals surface area contributed by atoms with Crippen molar-refractivity contribution in [1.29, 1.82) is 0 Å². The first kappa shape index (κ1) is 20.3. The fourth-order valence-electron chi connectivity index (χ4n) is 7.43. The third-order valence-corrected chi connectivity index (χ3v) is 8.88. The van der Waals surface area contributed by atoms with Gasteiger partial charge in [0.1, 0.15) is 12.2 Å². The largest absolute Gasteiger partial charge is 0.488 e. The lowest BCUT2D eigenvalue weighted by atomic mass is 9.52. The number of methoxy groups -OCH3 is 1. The molecule has 1 aromatic rings. The minimum Gasteiger partial charge on any atom is -0.488 e. The lowest BCUT2D eigenvalue weighted by molar-refractivity contribution is -0.190. The fourth-order valence-corrected chi connectivity index (χ4v) is 7.43. The average molecular weight is 417 g/mol. The van der Waals surface area contributed by atoms with Crippen molar-refractivity contribution in [1.82, 2.24) is 0 Å². The highest BCUT2D eigenvalue weighted by molar-refractivity contribution is 5.71. The second-order valence-electron chi connectivity index (χ2n) is 10.1. The molecule has 1 heterocycles. The number of hydrogen-bond acceptors (Lipinski definition) is 4. The van der Waals surface area contributed by atoms with Crippen molar-refractivity contribution in [2.45, 2.75) is 76.2 Å². The standard InChI is InChI=1S/C25H33FO4/c1-24-10-7-17-18(20(24)8-11-25(24)9-3-4-23(27)30-25)6-5-16-14-22(29-13-12-28-2)21(26)15-19(16)17/h14-15,17-18,20H,3-13H2,1-2H3/t17?,18?,20?,24-,25-/m0/s1. The summed E-state index contributed by atoms with van der Waals surface area (Å²) in [5.41, 5.74) is 2.23. The third-order valence-electron chi connectivity index (χ3n) is 8.88. The van der Waals surface area contributed by atoms with E-state index in [9.17, 15) is 9.18 Å². The van der Waals surface area contributed by atoms with Gasteiger partial charge in [0, 0.05) is 18.9 Å². The van der Waals surface area contributed by atoms with Crippen LogP contribution in [0.5, 0.6) is 5.75 Å². The predicted octanol–water partition coefficient (Wildman–Crippen LogP) is 5.17. The van der Waals surface area contributed by atoms with Crippen LogP contribution < -0.4 is 4.74 Å². The number of carbonyl (C=O) groups excluding carboxylic acids is 1. The maximum atomic E-state index is 14.8. The molecule has 1 saturated heterocycles. The number of rotatable bonds is 4. The van der Waals surface area contributed by atoms with Crippen LogP contribution in [0, 0.1) is 23.1 Å². The summed E-state index contributed by atoms with van der Waals surface area (Å²) in [6, 6.07) is 3.66. The molecule has 5 heteroatoms. The van der Waals surface area contributed by atoms with Gasteiger partial charge in [-0.25, -0.2) is 4.39 Å². The maximum Gasteiger partial charge on any atom is 0.306 e. The Balaban J connectivity index is 1.41. The Morgan fingerprint density at radius 3 is 2.80 bits per heavy atom. The van der Waals surface area contributed by atoms with Gasteiger partial charge in [0.25, 0.3) is 0 Å². The Morgan fingerprint density at radius 1 is 1.13 bits per heavy atom. The van der Waals surface area contributed by atoms with Crippen LogP contribution in [0.15, 0.2) is 12.1 Å². The van der Waals surface area contributed by atoms with Crippen LogP contribution in [0.25, 0.3) is 0 Å². The minimum absolute atomic E-state index is 0.0117.